The van der Waals surface area contributed by atoms with Gasteiger partial charge in [-0.25, -0.2) is 9.67 Å². The quantitative estimate of drug-likeness (QED) is 0.113. The molecule has 0 unspecified atom stereocenters. The number of phenolic OH excluding ortho intramolecular Hbond substituents is 1. The number of fused-ring (bicyclic) bond motifs is 5. The Kier molecular flexibility index (Phi) is 8.92. The number of esters is 1. The van der Waals surface area contributed by atoms with Crippen LogP contribution in [0.2, 0.25) is 0 Å². The Bertz CT molecular complexity index is 3090. The van der Waals surface area contributed by atoms with E-state index in [0.29, 0.717) is 33.0 Å². The number of anilines is 2. The van der Waals surface area contributed by atoms with Crippen LogP contribution in [0.5, 0.6) is 5.75 Å². The number of nitrogens with one attached hydrogen (secondary N) is 2. The number of hydrogen-bond acceptors (Lipinski definition) is 10. The lowest BCUT2D eigenvalue weighted by Crippen LogP contribution is -2.53. The average Bonchev–Trinajstić information content (AvgIpc) is 4.06. The number of benzene rings is 6. The maximum atomic E-state index is 15.5. The zero-order chi connectivity index (χ0) is 42.0. The third-order valence-corrected chi connectivity index (χ3v) is 13.2. The van der Waals surface area contributed by atoms with Crippen molar-refractivity contribution in [2.75, 3.05) is 10.6 Å². The summed E-state index contributed by atoms with van der Waals surface area (Å²) in [5.74, 6) is 3.49. The van der Waals surface area contributed by atoms with Gasteiger partial charge in [0.25, 0.3) is 0 Å². The van der Waals surface area contributed by atoms with Gasteiger partial charge in [-0.1, -0.05) is 125 Å². The smallest absolute Gasteiger partial charge is 0.324 e. The monoisotopic (exact) mass is 833 g/mol. The Morgan fingerprint density at radius 1 is 0.806 bits per heavy atom. The highest BCUT2D eigenvalue weighted by molar-refractivity contribution is 7.22. The Labute approximate surface area is 358 Å². The second-order valence-corrected chi connectivity index (χ2v) is 16.6. The number of para-hydroxylation sites is 2. The summed E-state index contributed by atoms with van der Waals surface area (Å²) in [6, 6.07) is 43.6. The number of carbonyl (C=O) groups is 3. The molecule has 5 heterocycles. The molecule has 302 valence electrons. The van der Waals surface area contributed by atoms with Gasteiger partial charge in [0, 0.05) is 11.3 Å². The molecule has 2 aromatic heterocycles. The Morgan fingerprint density at radius 3 is 2.29 bits per heavy atom. The largest absolute Gasteiger partial charge is 0.508 e. The number of carbonyl (C=O) groups excluding carboxylic acids is 3. The van der Waals surface area contributed by atoms with Gasteiger partial charge in [-0.05, 0) is 76.9 Å². The molecule has 8 aromatic rings. The van der Waals surface area contributed by atoms with Crippen molar-refractivity contribution in [2.45, 2.75) is 36.2 Å². The molecule has 2 amide bonds. The topological polar surface area (TPSA) is 152 Å². The van der Waals surface area contributed by atoms with Crippen molar-refractivity contribution in [1.29, 1.82) is 0 Å². The van der Waals surface area contributed by atoms with E-state index >= 15 is 14.4 Å². The summed E-state index contributed by atoms with van der Waals surface area (Å²) in [5.41, 5.74) is 4.35. The SMILES string of the molecule is O=C1O[C@@H](c2ccccc2)[C@@H](c2ccccc2)N2[C@@H](c3ccc(O)cc3)[C@]3(C(=O)Nc4ccc(C#CCn5nnc6ccccc65)cc43)[C@@H](C(=O)Nc3nc4ccccc4s3)[C@H]12. The predicted molar refractivity (Wildman–Crippen MR) is 234 cm³/mol. The van der Waals surface area contributed by atoms with Crippen molar-refractivity contribution in [2.24, 2.45) is 5.92 Å². The summed E-state index contributed by atoms with van der Waals surface area (Å²) >= 11 is 1.31. The van der Waals surface area contributed by atoms with Crippen LogP contribution in [0.15, 0.2) is 152 Å². The van der Waals surface area contributed by atoms with Gasteiger partial charge < -0.3 is 20.5 Å². The van der Waals surface area contributed by atoms with Crippen LogP contribution < -0.4 is 10.6 Å². The summed E-state index contributed by atoms with van der Waals surface area (Å²) in [4.78, 5) is 52.8. The standard InChI is InChI=1S/C49H35N7O5S/c57-33-24-22-32(23-25-33)44-49(34-28-29(21-26-35(34)50-47(49)60)12-11-27-55-38-19-9-7-17-36(38)53-54-55)40(45(58)52-48-51-37-18-8-10-20-39(37)62-48)42-46(59)61-43(31-15-5-2-6-16-31)41(56(42)44)30-13-3-1-4-14-30/h1-10,13-26,28,40-44,57H,27H2,(H,50,60)(H,51,52,58)/t40-,41-,42-,43+,44+,49-/m1/s1. The Morgan fingerprint density at radius 2 is 1.52 bits per heavy atom. The van der Waals surface area contributed by atoms with Crippen molar-refractivity contribution < 1.29 is 24.2 Å². The number of thiazole rings is 1. The van der Waals surface area contributed by atoms with Gasteiger partial charge in [0.2, 0.25) is 11.8 Å². The van der Waals surface area contributed by atoms with Crippen LogP contribution in [0.1, 0.15) is 46.0 Å². The van der Waals surface area contributed by atoms with Gasteiger partial charge in [-0.15, -0.1) is 5.10 Å². The Balaban J connectivity index is 1.13. The van der Waals surface area contributed by atoms with Crippen molar-refractivity contribution in [3.8, 4) is 17.6 Å². The van der Waals surface area contributed by atoms with E-state index in [9.17, 15) is 5.11 Å². The number of nitrogens with zero attached hydrogens (tertiary/aromatic N) is 5. The van der Waals surface area contributed by atoms with E-state index in [1.165, 1.54) is 11.3 Å². The first-order chi connectivity index (χ1) is 30.4. The molecule has 3 aliphatic rings. The fourth-order valence-electron chi connectivity index (χ4n) is 9.69. The number of amides is 2. The van der Waals surface area contributed by atoms with Gasteiger partial charge >= 0.3 is 5.97 Å². The number of ether oxygens (including phenoxy) is 1. The van der Waals surface area contributed by atoms with Crippen molar-refractivity contribution >= 4 is 61.2 Å². The van der Waals surface area contributed by atoms with Crippen LogP contribution in [-0.2, 0) is 31.1 Å². The third kappa shape index (κ3) is 5.94. The summed E-state index contributed by atoms with van der Waals surface area (Å²) in [5, 5.41) is 25.7. The van der Waals surface area contributed by atoms with Gasteiger partial charge in [0.1, 0.15) is 35.4 Å². The van der Waals surface area contributed by atoms with Gasteiger partial charge in [-0.2, -0.15) is 0 Å². The lowest BCUT2D eigenvalue weighted by molar-refractivity contribution is -0.177. The summed E-state index contributed by atoms with van der Waals surface area (Å²) < 4.78 is 9.11. The van der Waals surface area contributed by atoms with Gasteiger partial charge in [0.05, 0.1) is 33.7 Å². The van der Waals surface area contributed by atoms with Gasteiger partial charge in [0.15, 0.2) is 5.13 Å². The minimum absolute atomic E-state index is 0.0243. The summed E-state index contributed by atoms with van der Waals surface area (Å²) in [7, 11) is 0. The van der Waals surface area contributed by atoms with Crippen LogP contribution in [0.3, 0.4) is 0 Å². The van der Waals surface area contributed by atoms with Crippen molar-refractivity contribution in [3.63, 3.8) is 0 Å². The van der Waals surface area contributed by atoms with E-state index in [1.807, 2.05) is 126 Å². The highest BCUT2D eigenvalue weighted by atomic mass is 32.1. The molecule has 0 bridgehead atoms. The molecular weight excluding hydrogens is 799 g/mol. The molecule has 13 heteroatoms. The number of cyclic esters (lactones) is 1. The van der Waals surface area contributed by atoms with E-state index < -0.39 is 53.3 Å². The minimum Gasteiger partial charge on any atom is -0.508 e. The molecule has 1 spiro atoms. The number of aromatic nitrogens is 4. The second kappa shape index (κ2) is 14.8. The first-order valence-electron chi connectivity index (χ1n) is 20.1. The van der Waals surface area contributed by atoms with Crippen LogP contribution in [-0.4, -0.2) is 53.8 Å². The molecule has 6 atom stereocenters. The molecule has 11 rings (SSSR count). The normalized spacial score (nSPS) is 22.7. The average molecular weight is 834 g/mol. The number of rotatable bonds is 6. The highest BCUT2D eigenvalue weighted by Crippen LogP contribution is 2.65. The summed E-state index contributed by atoms with van der Waals surface area (Å²) in [6.45, 7) is 0.255. The molecule has 0 aliphatic carbocycles. The lowest BCUT2D eigenvalue weighted by Gasteiger charge is -2.46. The van der Waals surface area contributed by atoms with Crippen LogP contribution in [0.25, 0.3) is 21.3 Å². The number of aromatic hydroxyl groups is 1. The molecule has 12 nitrogen and oxygen atoms in total. The molecule has 0 saturated carbocycles. The maximum Gasteiger partial charge on any atom is 0.324 e. The Hall–Kier alpha value is -7.66. The van der Waals surface area contributed by atoms with Crippen LogP contribution >= 0.6 is 11.3 Å². The number of hydrogen-bond donors (Lipinski definition) is 3. The molecule has 3 N–H and O–H groups in total. The van der Waals surface area contributed by atoms with E-state index in [4.69, 9.17) is 9.72 Å². The maximum absolute atomic E-state index is 15.5. The first kappa shape index (κ1) is 37.3. The van der Waals surface area contributed by atoms with Crippen molar-refractivity contribution in [1.82, 2.24) is 24.9 Å². The molecule has 2 saturated heterocycles. The second-order valence-electron chi connectivity index (χ2n) is 15.6. The zero-order valence-electron chi connectivity index (χ0n) is 32.8. The number of phenols is 1. The third-order valence-electron chi connectivity index (χ3n) is 12.2. The molecule has 6 aromatic carbocycles. The predicted octanol–water partition coefficient (Wildman–Crippen LogP) is 7.71. The van der Waals surface area contributed by atoms with E-state index in [-0.39, 0.29) is 12.3 Å². The molecule has 2 fully saturated rings. The van der Waals surface area contributed by atoms with Crippen molar-refractivity contribution in [3.05, 3.63) is 179 Å². The first-order valence-corrected chi connectivity index (χ1v) is 21.0. The zero-order valence-corrected chi connectivity index (χ0v) is 33.6. The van der Waals surface area contributed by atoms with Gasteiger partial charge in [-0.3, -0.25) is 19.3 Å². The lowest BCUT2D eigenvalue weighted by atomic mass is 9.65. The molecular formula is C49H35N7O5S. The van der Waals surface area contributed by atoms with Crippen LogP contribution in [0.4, 0.5) is 10.8 Å². The van der Waals surface area contributed by atoms with E-state index in [1.54, 1.807) is 35.0 Å². The van der Waals surface area contributed by atoms with E-state index in [0.717, 1.165) is 26.9 Å². The molecule has 3 aliphatic heterocycles. The summed E-state index contributed by atoms with van der Waals surface area (Å²) in [6.07, 6.45) is -0.820. The van der Waals surface area contributed by atoms with Crippen LogP contribution in [0, 0.1) is 17.8 Å². The minimum atomic E-state index is -1.74. The fourth-order valence-corrected chi connectivity index (χ4v) is 10.6. The molecule has 62 heavy (non-hydrogen) atoms. The molecule has 0 radical (unpaired) electrons. The number of morpholine rings is 1. The fraction of sp³-hybridized carbons (Fsp3) is 0.143. The van der Waals surface area contributed by atoms with E-state index in [2.05, 4.69) is 32.8 Å². The highest BCUT2D eigenvalue weighted by Gasteiger charge is 2.74.